The molecule has 0 spiro atoms. The molecule has 4 heteroatoms. The maximum Gasteiger partial charge on any atom is 0.198 e. The van der Waals surface area contributed by atoms with Gasteiger partial charge in [-0.05, 0) is 75.9 Å². The van der Waals surface area contributed by atoms with E-state index < -0.39 is 0 Å². The minimum Gasteiger partial charge on any atom is -0.225 e. The smallest absolute Gasteiger partial charge is 0.198 e. The van der Waals surface area contributed by atoms with Gasteiger partial charge in [-0.3, -0.25) is 0 Å². The molecule has 0 aliphatic carbocycles. The van der Waals surface area contributed by atoms with Crippen molar-refractivity contribution < 1.29 is 0 Å². The van der Waals surface area contributed by atoms with Crippen LogP contribution in [0, 0.1) is 41.5 Å². The second-order valence-electron chi connectivity index (χ2n) is 10.4. The number of hydrogen-bond donors (Lipinski definition) is 0. The zero-order valence-corrected chi connectivity index (χ0v) is 22.7. The standard InChI is InChI=1S/C34H30N4/c1-19-15-21(3)29(22(4)16-19)31-25-11-7-9-13-27(25)35-33(37-31)34-36-28-14-10-8-12-26(28)32(38-34)30-23(5)17-20(2)18-24(30)6/h7-18H,1-6H3. The lowest BCUT2D eigenvalue weighted by Crippen LogP contribution is -2.03. The Labute approximate surface area is 223 Å². The molecule has 0 bridgehead atoms. The van der Waals surface area contributed by atoms with E-state index >= 15 is 0 Å². The van der Waals surface area contributed by atoms with Gasteiger partial charge in [0.1, 0.15) is 0 Å². The Morgan fingerprint density at radius 1 is 0.421 bits per heavy atom. The molecule has 0 amide bonds. The van der Waals surface area contributed by atoms with E-state index in [0.717, 1.165) is 44.3 Å². The molecule has 0 N–H and O–H groups in total. The van der Waals surface area contributed by atoms with Crippen LogP contribution in [0.5, 0.6) is 0 Å². The molecular formula is C34H30N4. The minimum atomic E-state index is 0.535. The number of para-hydroxylation sites is 2. The van der Waals surface area contributed by atoms with Gasteiger partial charge < -0.3 is 0 Å². The van der Waals surface area contributed by atoms with Crippen molar-refractivity contribution in [1.29, 1.82) is 0 Å². The molecule has 0 aliphatic heterocycles. The van der Waals surface area contributed by atoms with Crippen molar-refractivity contribution in [1.82, 2.24) is 19.9 Å². The lowest BCUT2D eigenvalue weighted by atomic mass is 9.94. The van der Waals surface area contributed by atoms with Crippen LogP contribution in [0.4, 0.5) is 0 Å². The number of hydrogen-bond acceptors (Lipinski definition) is 4. The summed E-state index contributed by atoms with van der Waals surface area (Å²) in [5, 5.41) is 2.05. The summed E-state index contributed by atoms with van der Waals surface area (Å²) in [5.41, 5.74) is 13.2. The van der Waals surface area contributed by atoms with Gasteiger partial charge >= 0.3 is 0 Å². The largest absolute Gasteiger partial charge is 0.225 e. The summed E-state index contributed by atoms with van der Waals surface area (Å²) < 4.78 is 0. The Hall–Kier alpha value is -4.44. The van der Waals surface area contributed by atoms with E-state index in [0.29, 0.717) is 11.6 Å². The Bertz CT molecular complexity index is 1700. The topological polar surface area (TPSA) is 51.6 Å². The number of aromatic nitrogens is 4. The molecule has 38 heavy (non-hydrogen) atoms. The first-order chi connectivity index (χ1) is 18.3. The highest BCUT2D eigenvalue weighted by Crippen LogP contribution is 2.36. The van der Waals surface area contributed by atoms with Crippen molar-refractivity contribution in [3.05, 3.63) is 106 Å². The molecule has 2 aromatic heterocycles. The SMILES string of the molecule is Cc1cc(C)c(-c2nc(-c3nc(-c4c(C)cc(C)cc4C)c4ccccc4n3)nc3ccccc23)c(C)c1. The molecule has 2 heterocycles. The molecule has 4 nitrogen and oxygen atoms in total. The monoisotopic (exact) mass is 494 g/mol. The first kappa shape index (κ1) is 23.9. The van der Waals surface area contributed by atoms with Crippen LogP contribution < -0.4 is 0 Å². The van der Waals surface area contributed by atoms with Crippen molar-refractivity contribution in [3.8, 4) is 34.2 Å². The molecule has 0 fully saturated rings. The zero-order chi connectivity index (χ0) is 26.6. The van der Waals surface area contributed by atoms with Crippen LogP contribution in [-0.4, -0.2) is 19.9 Å². The van der Waals surface area contributed by atoms with Crippen molar-refractivity contribution in [3.63, 3.8) is 0 Å². The maximum absolute atomic E-state index is 5.16. The second-order valence-corrected chi connectivity index (χ2v) is 10.4. The van der Waals surface area contributed by atoms with E-state index in [9.17, 15) is 0 Å². The highest BCUT2D eigenvalue weighted by molar-refractivity contribution is 5.97. The van der Waals surface area contributed by atoms with Gasteiger partial charge in [0.05, 0.1) is 22.4 Å². The molecule has 0 atom stereocenters. The first-order valence-corrected chi connectivity index (χ1v) is 13.0. The van der Waals surface area contributed by atoms with E-state index in [4.69, 9.17) is 19.9 Å². The predicted octanol–water partition coefficient (Wildman–Crippen LogP) is 8.42. The molecule has 4 aromatic carbocycles. The Morgan fingerprint density at radius 2 is 0.763 bits per heavy atom. The zero-order valence-electron chi connectivity index (χ0n) is 22.7. The summed E-state index contributed by atoms with van der Waals surface area (Å²) >= 11 is 0. The third-order valence-electron chi connectivity index (χ3n) is 7.23. The summed E-state index contributed by atoms with van der Waals surface area (Å²) in [6.45, 7) is 12.9. The molecule has 0 saturated carbocycles. The molecule has 0 aliphatic rings. The predicted molar refractivity (Wildman–Crippen MR) is 157 cm³/mol. The number of aryl methyl sites for hydroxylation is 6. The molecule has 6 rings (SSSR count). The molecule has 0 radical (unpaired) electrons. The number of rotatable bonds is 3. The highest BCUT2D eigenvalue weighted by atomic mass is 15.0. The molecular weight excluding hydrogens is 464 g/mol. The van der Waals surface area contributed by atoms with Crippen LogP contribution in [0.3, 0.4) is 0 Å². The first-order valence-electron chi connectivity index (χ1n) is 13.0. The van der Waals surface area contributed by atoms with Gasteiger partial charge in [-0.25, -0.2) is 19.9 Å². The summed E-state index contributed by atoms with van der Waals surface area (Å²) in [6, 6.07) is 25.3. The van der Waals surface area contributed by atoms with Crippen LogP contribution in [0.1, 0.15) is 33.4 Å². The molecule has 0 saturated heterocycles. The molecule has 6 aromatic rings. The van der Waals surface area contributed by atoms with Gasteiger partial charge in [-0.2, -0.15) is 0 Å². The van der Waals surface area contributed by atoms with Crippen molar-refractivity contribution in [2.75, 3.05) is 0 Å². The van der Waals surface area contributed by atoms with Crippen LogP contribution in [0.15, 0.2) is 72.8 Å². The Balaban J connectivity index is 1.67. The van der Waals surface area contributed by atoms with Crippen molar-refractivity contribution in [2.45, 2.75) is 41.5 Å². The fourth-order valence-electron chi connectivity index (χ4n) is 5.84. The van der Waals surface area contributed by atoms with Crippen molar-refractivity contribution >= 4 is 21.8 Å². The van der Waals surface area contributed by atoms with Crippen molar-refractivity contribution in [2.24, 2.45) is 0 Å². The van der Waals surface area contributed by atoms with Crippen LogP contribution >= 0.6 is 0 Å². The van der Waals surface area contributed by atoms with E-state index in [1.807, 2.05) is 36.4 Å². The number of fused-ring (bicyclic) bond motifs is 2. The fraction of sp³-hybridized carbons (Fsp3) is 0.176. The number of benzene rings is 4. The van der Waals surface area contributed by atoms with Gasteiger partial charge in [-0.1, -0.05) is 71.8 Å². The average molecular weight is 495 g/mol. The summed E-state index contributed by atoms with van der Waals surface area (Å²) in [6.07, 6.45) is 0. The van der Waals surface area contributed by atoms with E-state index in [2.05, 4.69) is 77.9 Å². The van der Waals surface area contributed by atoms with Crippen LogP contribution in [-0.2, 0) is 0 Å². The average Bonchev–Trinajstić information content (AvgIpc) is 2.87. The van der Waals surface area contributed by atoms with Gasteiger partial charge in [-0.15, -0.1) is 0 Å². The normalized spacial score (nSPS) is 11.4. The quantitative estimate of drug-likeness (QED) is 0.248. The summed E-state index contributed by atoms with van der Waals surface area (Å²) in [4.78, 5) is 20.3. The summed E-state index contributed by atoms with van der Waals surface area (Å²) in [7, 11) is 0. The third kappa shape index (κ3) is 4.03. The molecule has 0 unspecified atom stereocenters. The van der Waals surface area contributed by atoms with Gasteiger partial charge in [0.25, 0.3) is 0 Å². The van der Waals surface area contributed by atoms with Crippen LogP contribution in [0.25, 0.3) is 56.0 Å². The lowest BCUT2D eigenvalue weighted by Gasteiger charge is -2.16. The Kier molecular flexibility index (Phi) is 5.76. The Morgan fingerprint density at radius 3 is 1.13 bits per heavy atom. The second kappa shape index (κ2) is 9.14. The van der Waals surface area contributed by atoms with Crippen LogP contribution in [0.2, 0.25) is 0 Å². The lowest BCUT2D eigenvalue weighted by molar-refractivity contribution is 1.12. The highest BCUT2D eigenvalue weighted by Gasteiger charge is 2.20. The van der Waals surface area contributed by atoms with E-state index in [-0.39, 0.29) is 0 Å². The van der Waals surface area contributed by atoms with E-state index in [1.54, 1.807) is 0 Å². The van der Waals surface area contributed by atoms with Gasteiger partial charge in [0.2, 0.25) is 0 Å². The number of nitrogens with zero attached hydrogens (tertiary/aromatic N) is 4. The van der Waals surface area contributed by atoms with E-state index in [1.165, 1.54) is 33.4 Å². The third-order valence-corrected chi connectivity index (χ3v) is 7.23. The van der Waals surface area contributed by atoms with Gasteiger partial charge in [0, 0.05) is 21.9 Å². The summed E-state index contributed by atoms with van der Waals surface area (Å²) in [5.74, 6) is 1.07. The fourth-order valence-corrected chi connectivity index (χ4v) is 5.84. The minimum absolute atomic E-state index is 0.535. The van der Waals surface area contributed by atoms with Gasteiger partial charge in [0.15, 0.2) is 11.6 Å². The maximum atomic E-state index is 5.16. The molecule has 186 valence electrons.